The van der Waals surface area contributed by atoms with Crippen molar-refractivity contribution in [2.75, 3.05) is 35.2 Å². The Morgan fingerprint density at radius 1 is 0.797 bits per heavy atom. The fourth-order valence-corrected chi connectivity index (χ4v) is 10.9. The van der Waals surface area contributed by atoms with Crippen molar-refractivity contribution in [3.8, 4) is 22.4 Å². The fraction of sp³-hybridized carbons (Fsp3) is 0.291. The number of anilines is 3. The molecule has 4 aliphatic rings. The monoisotopic (exact) mass is 1000 g/mol. The average Bonchev–Trinajstić information content (AvgIpc) is 4.03. The molecule has 0 aliphatic carbocycles. The zero-order valence-corrected chi connectivity index (χ0v) is 40.5. The summed E-state index contributed by atoms with van der Waals surface area (Å²) in [6.07, 6.45) is 4.57. The van der Waals surface area contributed by atoms with Crippen molar-refractivity contribution in [2.24, 2.45) is 0 Å². The molecule has 11 rings (SSSR count). The maximum Gasteiger partial charge on any atom is 0.264 e. The standard InChI is InChI=1S/C55H50F2N10O7/c1-30-50(31(2)74-63-30)34-13-18-44-43(25-34)61-52(45-7-4-8-49(70)65(45)37-15-16-39(56)40(57)26-37)66(44)36-21-23-64(24-22-36)29-48(69)60-35-14-17-41(59-28-35)33-11-9-32(10-12-33)27-58-42-6-3-5-38-51(42)55(73)67(54(38)72)46-19-20-47(68)62-53(46)71/h3,5-6,9-18,25-26,28,36,45-46,58H,4,7-8,19-24,27,29H2,1-2H3,(H,60,69)(H,62,68,71)/t45-,46?/m0/s1. The van der Waals surface area contributed by atoms with Crippen LogP contribution in [0.1, 0.15) is 101 Å². The first-order valence-electron chi connectivity index (χ1n) is 24.7. The van der Waals surface area contributed by atoms with Gasteiger partial charge < -0.3 is 24.6 Å². The van der Waals surface area contributed by atoms with Crippen molar-refractivity contribution in [3.63, 3.8) is 0 Å². The predicted molar refractivity (Wildman–Crippen MR) is 269 cm³/mol. The van der Waals surface area contributed by atoms with Crippen LogP contribution in [0.2, 0.25) is 0 Å². The Morgan fingerprint density at radius 2 is 1.59 bits per heavy atom. The van der Waals surface area contributed by atoms with E-state index >= 15 is 0 Å². The van der Waals surface area contributed by atoms with Gasteiger partial charge in [-0.3, -0.25) is 48.9 Å². The number of hydrogen-bond donors (Lipinski definition) is 3. The summed E-state index contributed by atoms with van der Waals surface area (Å²) in [7, 11) is 0. The minimum absolute atomic E-state index is 0.0350. The number of pyridine rings is 1. The Bertz CT molecular complexity index is 3400. The lowest BCUT2D eigenvalue weighted by molar-refractivity contribution is -0.136. The van der Waals surface area contributed by atoms with E-state index in [1.165, 1.54) is 6.07 Å². The van der Waals surface area contributed by atoms with Gasteiger partial charge in [0.1, 0.15) is 17.6 Å². The quantitative estimate of drug-likeness (QED) is 0.0992. The van der Waals surface area contributed by atoms with Crippen LogP contribution < -0.4 is 20.9 Å². The van der Waals surface area contributed by atoms with Crippen molar-refractivity contribution >= 4 is 63.5 Å². The molecule has 4 aromatic carbocycles. The number of carbonyl (C=O) groups is 6. The number of hydrogen-bond acceptors (Lipinski definition) is 12. The number of rotatable bonds is 12. The number of aromatic nitrogens is 4. The summed E-state index contributed by atoms with van der Waals surface area (Å²) in [6, 6.07) is 24.2. The van der Waals surface area contributed by atoms with Gasteiger partial charge in [0.25, 0.3) is 11.8 Å². The Morgan fingerprint density at radius 3 is 2.32 bits per heavy atom. The molecule has 4 aliphatic heterocycles. The molecule has 19 heteroatoms. The molecular weight excluding hydrogens is 951 g/mol. The van der Waals surface area contributed by atoms with Crippen molar-refractivity contribution in [3.05, 3.63) is 143 Å². The van der Waals surface area contributed by atoms with E-state index in [1.54, 1.807) is 35.4 Å². The molecule has 376 valence electrons. The summed E-state index contributed by atoms with van der Waals surface area (Å²) < 4.78 is 36.5. The van der Waals surface area contributed by atoms with Crippen LogP contribution in [0, 0.1) is 25.5 Å². The highest BCUT2D eigenvalue weighted by Gasteiger charge is 2.46. The lowest BCUT2D eigenvalue weighted by Gasteiger charge is -2.38. The van der Waals surface area contributed by atoms with Gasteiger partial charge >= 0.3 is 0 Å². The van der Waals surface area contributed by atoms with Crippen LogP contribution in [-0.2, 0) is 25.7 Å². The van der Waals surface area contributed by atoms with Crippen molar-refractivity contribution in [2.45, 2.75) is 83.5 Å². The van der Waals surface area contributed by atoms with Gasteiger partial charge in [-0.15, -0.1) is 0 Å². The van der Waals surface area contributed by atoms with Gasteiger partial charge in [-0.25, -0.2) is 13.8 Å². The SMILES string of the molecule is Cc1noc(C)c1-c1ccc2c(c1)nc([C@@H]1CCCC(=O)N1c1ccc(F)c(F)c1)n2C1CCN(CC(=O)Nc2ccc(-c3ccc(CNc4cccc5c4C(=O)N(C4CCC(=O)NC4=O)C5=O)cc3)nc2)CC1. The number of likely N-dealkylation sites (tertiary alicyclic amines) is 1. The lowest BCUT2D eigenvalue weighted by atomic mass is 9.98. The summed E-state index contributed by atoms with van der Waals surface area (Å²) >= 11 is 0. The predicted octanol–water partition coefficient (Wildman–Crippen LogP) is 8.20. The number of piperidine rings is 3. The average molecular weight is 1000 g/mol. The van der Waals surface area contributed by atoms with Crippen molar-refractivity contribution < 1.29 is 42.1 Å². The van der Waals surface area contributed by atoms with Crippen LogP contribution in [0.25, 0.3) is 33.4 Å². The molecule has 6 amide bonds. The van der Waals surface area contributed by atoms with Crippen LogP contribution in [0.3, 0.4) is 0 Å². The Hall–Kier alpha value is -8.45. The van der Waals surface area contributed by atoms with E-state index in [-0.39, 0.29) is 60.5 Å². The molecule has 0 radical (unpaired) electrons. The number of nitrogens with zero attached hydrogens (tertiary/aromatic N) is 7. The van der Waals surface area contributed by atoms with Crippen molar-refractivity contribution in [1.29, 1.82) is 0 Å². The Balaban J connectivity index is 0.729. The summed E-state index contributed by atoms with van der Waals surface area (Å²) in [5, 5.41) is 12.6. The van der Waals surface area contributed by atoms with E-state index in [0.717, 1.165) is 56.0 Å². The van der Waals surface area contributed by atoms with Gasteiger partial charge in [-0.05, 0) is 106 Å². The van der Waals surface area contributed by atoms with Crippen LogP contribution in [0.15, 0.2) is 102 Å². The Kier molecular flexibility index (Phi) is 12.6. The lowest BCUT2D eigenvalue weighted by Crippen LogP contribution is -2.54. The minimum Gasteiger partial charge on any atom is -0.380 e. The first kappa shape index (κ1) is 47.9. The second-order valence-electron chi connectivity index (χ2n) is 19.2. The normalized spacial score (nSPS) is 18.6. The molecule has 3 aromatic heterocycles. The third-order valence-corrected chi connectivity index (χ3v) is 14.5. The molecule has 74 heavy (non-hydrogen) atoms. The molecule has 7 heterocycles. The van der Waals surface area contributed by atoms with E-state index in [2.05, 4.69) is 35.6 Å². The largest absolute Gasteiger partial charge is 0.380 e. The van der Waals surface area contributed by atoms with E-state index < -0.39 is 47.3 Å². The number of halogens is 2. The fourth-order valence-electron chi connectivity index (χ4n) is 10.9. The third kappa shape index (κ3) is 8.96. The van der Waals surface area contributed by atoms with Gasteiger partial charge in [-0.1, -0.05) is 41.6 Å². The van der Waals surface area contributed by atoms with E-state index in [9.17, 15) is 37.5 Å². The number of nitrogens with one attached hydrogen (secondary N) is 3. The van der Waals surface area contributed by atoms with Crippen molar-refractivity contribution in [1.82, 2.24) is 34.8 Å². The molecule has 3 saturated heterocycles. The van der Waals surface area contributed by atoms with E-state index in [0.29, 0.717) is 74.0 Å². The molecule has 17 nitrogen and oxygen atoms in total. The van der Waals surface area contributed by atoms with Crippen LogP contribution >= 0.6 is 0 Å². The number of fused-ring (bicyclic) bond motifs is 2. The zero-order chi connectivity index (χ0) is 51.4. The smallest absolute Gasteiger partial charge is 0.264 e. The molecule has 0 bridgehead atoms. The van der Waals surface area contributed by atoms with E-state index in [1.807, 2.05) is 62.4 Å². The second-order valence-corrected chi connectivity index (χ2v) is 19.2. The summed E-state index contributed by atoms with van der Waals surface area (Å²) in [4.78, 5) is 92.6. The number of amides is 6. The maximum absolute atomic E-state index is 14.7. The molecule has 3 N–H and O–H groups in total. The van der Waals surface area contributed by atoms with Gasteiger partial charge in [0, 0.05) is 67.1 Å². The first-order chi connectivity index (χ1) is 35.8. The first-order valence-corrected chi connectivity index (χ1v) is 24.7. The molecule has 0 saturated carbocycles. The third-order valence-electron chi connectivity index (χ3n) is 14.5. The second kappa shape index (κ2) is 19.5. The van der Waals surface area contributed by atoms with Crippen LogP contribution in [0.5, 0.6) is 0 Å². The molecule has 2 atom stereocenters. The molecule has 1 unspecified atom stereocenters. The highest BCUT2D eigenvalue weighted by Crippen LogP contribution is 2.41. The summed E-state index contributed by atoms with van der Waals surface area (Å²) in [5.41, 5.74) is 8.23. The highest BCUT2D eigenvalue weighted by molar-refractivity contribution is 6.25. The minimum atomic E-state index is -1.05. The molecule has 0 spiro atoms. The van der Waals surface area contributed by atoms with Gasteiger partial charge in [-0.2, -0.15) is 0 Å². The van der Waals surface area contributed by atoms with Crippen LogP contribution in [-0.4, -0.2) is 90.6 Å². The number of imidazole rings is 1. The topological polar surface area (TPSA) is 205 Å². The van der Waals surface area contributed by atoms with Crippen LogP contribution in [0.4, 0.5) is 25.8 Å². The summed E-state index contributed by atoms with van der Waals surface area (Å²) in [6.45, 7) is 5.48. The number of benzene rings is 4. The van der Waals surface area contributed by atoms with Gasteiger partial charge in [0.15, 0.2) is 11.6 Å². The number of carbonyl (C=O) groups excluding carboxylic acids is 6. The Labute approximate surface area is 422 Å². The highest BCUT2D eigenvalue weighted by atomic mass is 19.2. The van der Waals surface area contributed by atoms with Gasteiger partial charge in [0.05, 0.1) is 58.0 Å². The summed E-state index contributed by atoms with van der Waals surface area (Å²) in [5.74, 6) is -3.30. The zero-order valence-electron chi connectivity index (χ0n) is 40.5. The molecular formula is C55H50F2N10O7. The number of imide groups is 2. The molecule has 3 fully saturated rings. The number of aryl methyl sites for hydroxylation is 2. The maximum atomic E-state index is 14.7. The molecule has 7 aromatic rings. The van der Waals surface area contributed by atoms with Gasteiger partial charge in [0.2, 0.25) is 23.6 Å². The van der Waals surface area contributed by atoms with E-state index in [4.69, 9.17) is 9.51 Å².